The average Bonchev–Trinajstić information content (AvgIpc) is 2.04. The Kier molecular flexibility index (Phi) is 3.34. The number of aliphatic hydroxyl groups excluding tert-OH is 2. The van der Waals surface area contributed by atoms with Crippen LogP contribution in [0, 0.1) is 11.8 Å². The highest BCUT2D eigenvalue weighted by Gasteiger charge is 2.27. The van der Waals surface area contributed by atoms with Crippen molar-refractivity contribution in [3.05, 3.63) is 0 Å². The van der Waals surface area contributed by atoms with Crippen LogP contribution < -0.4 is 0 Å². The first-order valence-corrected chi connectivity index (χ1v) is 4.54. The van der Waals surface area contributed by atoms with Crippen molar-refractivity contribution in [1.82, 2.24) is 0 Å². The normalized spacial score (nSPS) is 35.2. The Morgan fingerprint density at radius 3 is 2.55 bits per heavy atom. The van der Waals surface area contributed by atoms with Gasteiger partial charge in [-0.25, -0.2) is 0 Å². The van der Waals surface area contributed by atoms with Gasteiger partial charge in [0.25, 0.3) is 0 Å². The summed E-state index contributed by atoms with van der Waals surface area (Å²) in [5.41, 5.74) is 0. The van der Waals surface area contributed by atoms with Crippen LogP contribution in [-0.2, 0) is 0 Å². The first-order chi connectivity index (χ1) is 5.25. The summed E-state index contributed by atoms with van der Waals surface area (Å²) in [6, 6.07) is 0. The smallest absolute Gasteiger partial charge is 0.0571 e. The third-order valence-corrected chi connectivity index (χ3v) is 2.80. The van der Waals surface area contributed by atoms with Crippen molar-refractivity contribution in [3.63, 3.8) is 0 Å². The summed E-state index contributed by atoms with van der Waals surface area (Å²) in [6.45, 7) is 2.22. The van der Waals surface area contributed by atoms with Crippen molar-refractivity contribution in [2.75, 3.05) is 6.61 Å². The van der Waals surface area contributed by atoms with Gasteiger partial charge in [0.1, 0.15) is 0 Å². The van der Waals surface area contributed by atoms with E-state index in [0.29, 0.717) is 5.92 Å². The molecule has 0 aromatic rings. The van der Waals surface area contributed by atoms with Crippen molar-refractivity contribution in [1.29, 1.82) is 0 Å². The van der Waals surface area contributed by atoms with Gasteiger partial charge in [-0.15, -0.1) is 0 Å². The van der Waals surface area contributed by atoms with Crippen LogP contribution in [0.2, 0.25) is 0 Å². The molecule has 1 saturated carbocycles. The van der Waals surface area contributed by atoms with Gasteiger partial charge in [-0.3, -0.25) is 0 Å². The molecule has 3 atom stereocenters. The minimum atomic E-state index is -0.161. The number of rotatable bonds is 2. The summed E-state index contributed by atoms with van der Waals surface area (Å²) in [6.07, 6.45) is 4.21. The molecule has 0 saturated heterocycles. The van der Waals surface area contributed by atoms with Crippen LogP contribution in [-0.4, -0.2) is 22.9 Å². The number of hydrogen-bond donors (Lipinski definition) is 2. The van der Waals surface area contributed by atoms with Crippen LogP contribution >= 0.6 is 0 Å². The SMILES string of the molecule is CC(CO)[C@H]1CCCC[C@H]1O. The van der Waals surface area contributed by atoms with Crippen molar-refractivity contribution in [3.8, 4) is 0 Å². The van der Waals surface area contributed by atoms with Crippen molar-refractivity contribution < 1.29 is 10.2 Å². The Balaban J connectivity index is 2.40. The lowest BCUT2D eigenvalue weighted by Crippen LogP contribution is -2.31. The monoisotopic (exact) mass is 158 g/mol. The maximum Gasteiger partial charge on any atom is 0.0571 e. The molecule has 66 valence electrons. The van der Waals surface area contributed by atoms with Crippen molar-refractivity contribution in [2.45, 2.75) is 38.7 Å². The van der Waals surface area contributed by atoms with E-state index >= 15 is 0 Å². The zero-order chi connectivity index (χ0) is 8.27. The molecule has 0 radical (unpaired) electrons. The van der Waals surface area contributed by atoms with Gasteiger partial charge in [0.2, 0.25) is 0 Å². The molecular weight excluding hydrogens is 140 g/mol. The molecular formula is C9H18O2. The van der Waals surface area contributed by atoms with Crippen LogP contribution in [0.4, 0.5) is 0 Å². The average molecular weight is 158 g/mol. The summed E-state index contributed by atoms with van der Waals surface area (Å²) in [5, 5.41) is 18.5. The van der Waals surface area contributed by atoms with Gasteiger partial charge in [-0.1, -0.05) is 19.8 Å². The lowest BCUT2D eigenvalue weighted by molar-refractivity contribution is 0.0241. The van der Waals surface area contributed by atoms with E-state index in [2.05, 4.69) is 0 Å². The molecule has 1 fully saturated rings. The van der Waals surface area contributed by atoms with Crippen LogP contribution in [0.5, 0.6) is 0 Å². The van der Waals surface area contributed by atoms with Crippen LogP contribution in [0.15, 0.2) is 0 Å². The summed E-state index contributed by atoms with van der Waals surface area (Å²) in [4.78, 5) is 0. The fourth-order valence-electron chi connectivity index (χ4n) is 1.94. The maximum atomic E-state index is 9.56. The lowest BCUT2D eigenvalue weighted by atomic mass is 9.79. The van der Waals surface area contributed by atoms with Crippen LogP contribution in [0.25, 0.3) is 0 Å². The van der Waals surface area contributed by atoms with E-state index in [9.17, 15) is 5.11 Å². The van der Waals surface area contributed by atoms with E-state index in [1.165, 1.54) is 6.42 Å². The molecule has 1 rings (SSSR count). The van der Waals surface area contributed by atoms with Gasteiger partial charge >= 0.3 is 0 Å². The van der Waals surface area contributed by atoms with Crippen molar-refractivity contribution in [2.24, 2.45) is 11.8 Å². The van der Waals surface area contributed by atoms with Crippen molar-refractivity contribution >= 4 is 0 Å². The van der Waals surface area contributed by atoms with E-state index in [1.54, 1.807) is 0 Å². The van der Waals surface area contributed by atoms with E-state index < -0.39 is 0 Å². The third kappa shape index (κ3) is 2.17. The molecule has 0 aliphatic heterocycles. The van der Waals surface area contributed by atoms with Gasteiger partial charge in [0.15, 0.2) is 0 Å². The van der Waals surface area contributed by atoms with E-state index in [1.807, 2.05) is 6.92 Å². The summed E-state index contributed by atoms with van der Waals surface area (Å²) in [5.74, 6) is 0.610. The molecule has 2 nitrogen and oxygen atoms in total. The molecule has 0 heterocycles. The fraction of sp³-hybridized carbons (Fsp3) is 1.00. The highest BCUT2D eigenvalue weighted by atomic mass is 16.3. The Labute approximate surface area is 68.2 Å². The molecule has 0 aromatic carbocycles. The second kappa shape index (κ2) is 4.07. The standard InChI is InChI=1S/C9H18O2/c1-7(6-10)8-4-2-3-5-9(8)11/h7-11H,2-6H2,1H3/t7?,8-,9-/m1/s1. The largest absolute Gasteiger partial charge is 0.396 e. The summed E-state index contributed by atoms with van der Waals surface area (Å²) in [7, 11) is 0. The molecule has 1 aliphatic carbocycles. The third-order valence-electron chi connectivity index (χ3n) is 2.80. The quantitative estimate of drug-likeness (QED) is 0.633. The van der Waals surface area contributed by atoms with Crippen LogP contribution in [0.3, 0.4) is 0 Å². The van der Waals surface area contributed by atoms with Gasteiger partial charge in [0.05, 0.1) is 6.10 Å². The topological polar surface area (TPSA) is 40.5 Å². The Morgan fingerprint density at radius 1 is 1.36 bits per heavy atom. The lowest BCUT2D eigenvalue weighted by Gasteiger charge is -2.31. The fourth-order valence-corrected chi connectivity index (χ4v) is 1.94. The molecule has 2 heteroatoms. The molecule has 1 unspecified atom stereocenters. The molecule has 11 heavy (non-hydrogen) atoms. The van der Waals surface area contributed by atoms with Gasteiger partial charge in [-0.05, 0) is 24.7 Å². The maximum absolute atomic E-state index is 9.56. The number of aliphatic hydroxyl groups is 2. The van der Waals surface area contributed by atoms with Gasteiger partial charge in [-0.2, -0.15) is 0 Å². The highest BCUT2D eigenvalue weighted by Crippen LogP contribution is 2.29. The first kappa shape index (κ1) is 9.01. The first-order valence-electron chi connectivity index (χ1n) is 4.54. The minimum absolute atomic E-state index is 0.161. The zero-order valence-corrected chi connectivity index (χ0v) is 7.16. The number of hydrogen-bond acceptors (Lipinski definition) is 2. The minimum Gasteiger partial charge on any atom is -0.396 e. The molecule has 0 aromatic heterocycles. The summed E-state index contributed by atoms with van der Waals surface area (Å²) < 4.78 is 0. The molecule has 1 aliphatic rings. The molecule has 0 bridgehead atoms. The van der Waals surface area contributed by atoms with Gasteiger partial charge < -0.3 is 10.2 Å². The Hall–Kier alpha value is -0.0800. The molecule has 0 spiro atoms. The molecule has 0 amide bonds. The predicted octanol–water partition coefficient (Wildman–Crippen LogP) is 1.17. The molecule has 2 N–H and O–H groups in total. The zero-order valence-electron chi connectivity index (χ0n) is 7.16. The Morgan fingerprint density at radius 2 is 2.00 bits per heavy atom. The summed E-state index contributed by atoms with van der Waals surface area (Å²) >= 11 is 0. The van der Waals surface area contributed by atoms with E-state index in [-0.39, 0.29) is 18.6 Å². The highest BCUT2D eigenvalue weighted by molar-refractivity contribution is 4.77. The Bertz CT molecular complexity index is 110. The van der Waals surface area contributed by atoms with Gasteiger partial charge in [0, 0.05) is 6.61 Å². The second-order valence-corrected chi connectivity index (χ2v) is 3.68. The van der Waals surface area contributed by atoms with E-state index in [0.717, 1.165) is 19.3 Å². The second-order valence-electron chi connectivity index (χ2n) is 3.68. The van der Waals surface area contributed by atoms with Crippen LogP contribution in [0.1, 0.15) is 32.6 Å². The van der Waals surface area contributed by atoms with E-state index in [4.69, 9.17) is 5.11 Å². The predicted molar refractivity (Wildman–Crippen MR) is 44.2 cm³/mol.